The Morgan fingerprint density at radius 1 is 0.765 bits per heavy atom. The Morgan fingerprint density at radius 3 is 2.12 bits per heavy atom. The number of fused-ring (bicyclic) bond motifs is 1. The van der Waals surface area contributed by atoms with Crippen molar-refractivity contribution in [2.45, 2.75) is 77.6 Å². The van der Waals surface area contributed by atoms with Crippen molar-refractivity contribution in [2.24, 2.45) is 11.8 Å². The van der Waals surface area contributed by atoms with Gasteiger partial charge in [-0.3, -0.25) is 0 Å². The number of hydrogen-bond acceptors (Lipinski definition) is 0. The van der Waals surface area contributed by atoms with E-state index in [9.17, 15) is 8.78 Å². The van der Waals surface area contributed by atoms with Crippen LogP contribution in [0.2, 0.25) is 5.02 Å². The summed E-state index contributed by atoms with van der Waals surface area (Å²) < 4.78 is 42.5. The molecule has 0 aromatic heterocycles. The highest BCUT2D eigenvalue weighted by Crippen LogP contribution is 2.34. The predicted molar refractivity (Wildman–Crippen MR) is 136 cm³/mol. The Balaban J connectivity index is 1.35. The third-order valence-corrected chi connectivity index (χ3v) is 7.96. The van der Waals surface area contributed by atoms with Crippen molar-refractivity contribution in [1.29, 1.82) is 0 Å². The Bertz CT molecular complexity index is 1090. The van der Waals surface area contributed by atoms with Gasteiger partial charge in [-0.15, -0.1) is 0 Å². The Kier molecular flexibility index (Phi) is 8.58. The van der Waals surface area contributed by atoms with Crippen LogP contribution in [0.3, 0.4) is 0 Å². The highest BCUT2D eigenvalue weighted by atomic mass is 35.5. The number of aryl methyl sites for hydroxylation is 3. The van der Waals surface area contributed by atoms with Crippen LogP contribution in [-0.4, -0.2) is 0 Å². The van der Waals surface area contributed by atoms with Gasteiger partial charge in [0.2, 0.25) is 0 Å². The molecular formula is C30H34ClF3. The minimum absolute atomic E-state index is 0.246. The molecule has 3 aromatic rings. The molecule has 4 heteroatoms. The molecule has 0 atom stereocenters. The summed E-state index contributed by atoms with van der Waals surface area (Å²) in [6, 6.07) is 12.2. The zero-order valence-corrected chi connectivity index (χ0v) is 20.7. The zero-order valence-electron chi connectivity index (χ0n) is 20.0. The van der Waals surface area contributed by atoms with E-state index in [4.69, 9.17) is 11.6 Å². The van der Waals surface area contributed by atoms with Crippen LogP contribution in [0.5, 0.6) is 0 Å². The van der Waals surface area contributed by atoms with E-state index < -0.39 is 16.7 Å². The molecule has 0 aliphatic heterocycles. The predicted octanol–water partition coefficient (Wildman–Crippen LogP) is 9.62. The summed E-state index contributed by atoms with van der Waals surface area (Å²) in [5.41, 5.74) is 2.28. The van der Waals surface area contributed by atoms with Gasteiger partial charge in [-0.05, 0) is 71.7 Å². The quantitative estimate of drug-likeness (QED) is 0.264. The van der Waals surface area contributed by atoms with Crippen LogP contribution in [0.25, 0.3) is 10.8 Å². The van der Waals surface area contributed by atoms with Crippen LogP contribution in [0.1, 0.15) is 75.0 Å². The lowest BCUT2D eigenvalue weighted by Crippen LogP contribution is -2.15. The van der Waals surface area contributed by atoms with E-state index in [0.29, 0.717) is 29.4 Å². The number of rotatable bonds is 9. The first-order valence-corrected chi connectivity index (χ1v) is 13.2. The van der Waals surface area contributed by atoms with Crippen molar-refractivity contribution in [3.8, 4) is 0 Å². The summed E-state index contributed by atoms with van der Waals surface area (Å²) in [6.07, 6.45) is 12.5. The van der Waals surface area contributed by atoms with Crippen molar-refractivity contribution in [3.63, 3.8) is 0 Å². The summed E-state index contributed by atoms with van der Waals surface area (Å²) >= 11 is 5.55. The zero-order chi connectivity index (χ0) is 24.1. The molecule has 0 radical (unpaired) electrons. The van der Waals surface area contributed by atoms with Gasteiger partial charge < -0.3 is 0 Å². The van der Waals surface area contributed by atoms with E-state index >= 15 is 4.39 Å². The first-order valence-electron chi connectivity index (χ1n) is 12.8. The number of halogens is 4. The van der Waals surface area contributed by atoms with Crippen molar-refractivity contribution < 1.29 is 13.2 Å². The van der Waals surface area contributed by atoms with Gasteiger partial charge in [0.15, 0.2) is 0 Å². The van der Waals surface area contributed by atoms with E-state index in [1.807, 2.05) is 18.2 Å². The van der Waals surface area contributed by atoms with Gasteiger partial charge in [0.05, 0.1) is 0 Å². The van der Waals surface area contributed by atoms with Gasteiger partial charge in [-0.1, -0.05) is 93.8 Å². The van der Waals surface area contributed by atoms with Crippen LogP contribution in [0.15, 0.2) is 42.5 Å². The van der Waals surface area contributed by atoms with Gasteiger partial charge in [0.25, 0.3) is 0 Å². The molecule has 34 heavy (non-hydrogen) atoms. The van der Waals surface area contributed by atoms with E-state index in [-0.39, 0.29) is 5.82 Å². The van der Waals surface area contributed by atoms with E-state index in [2.05, 4.69) is 13.0 Å². The Morgan fingerprint density at radius 2 is 1.44 bits per heavy atom. The maximum absolute atomic E-state index is 15.2. The Hall–Kier alpha value is -2.00. The van der Waals surface area contributed by atoms with E-state index in [0.717, 1.165) is 23.6 Å². The van der Waals surface area contributed by atoms with Gasteiger partial charge in [-0.2, -0.15) is 0 Å². The number of unbranched alkanes of at least 4 members (excludes halogenated alkanes) is 1. The van der Waals surface area contributed by atoms with Crippen molar-refractivity contribution in [2.75, 3.05) is 0 Å². The van der Waals surface area contributed by atoms with Crippen molar-refractivity contribution >= 4 is 22.4 Å². The van der Waals surface area contributed by atoms with Gasteiger partial charge in [0, 0.05) is 5.39 Å². The molecular weight excluding hydrogens is 453 g/mol. The lowest BCUT2D eigenvalue weighted by atomic mass is 9.78. The van der Waals surface area contributed by atoms with E-state index in [1.165, 1.54) is 69.1 Å². The average molecular weight is 487 g/mol. The molecule has 0 unspecified atom stereocenters. The molecule has 182 valence electrons. The third-order valence-electron chi connectivity index (χ3n) is 7.60. The lowest BCUT2D eigenvalue weighted by molar-refractivity contribution is 0.250. The van der Waals surface area contributed by atoms with Crippen LogP contribution in [0, 0.1) is 29.3 Å². The topological polar surface area (TPSA) is 0 Å². The second-order valence-electron chi connectivity index (χ2n) is 10.0. The molecule has 1 aliphatic rings. The largest absolute Gasteiger partial charge is 0.206 e. The first kappa shape index (κ1) is 25.1. The average Bonchev–Trinajstić information content (AvgIpc) is 2.85. The van der Waals surface area contributed by atoms with Gasteiger partial charge in [0.1, 0.15) is 22.5 Å². The SMILES string of the molecule is CCCCC1CCC(CCc2ccc3c(F)c(CCc4cc(F)c(Cl)c(F)c4)ccc3c2)CC1. The summed E-state index contributed by atoms with van der Waals surface area (Å²) in [4.78, 5) is 0. The summed E-state index contributed by atoms with van der Waals surface area (Å²) in [7, 11) is 0. The fourth-order valence-electron chi connectivity index (χ4n) is 5.44. The number of benzene rings is 3. The Labute approximate surface area is 206 Å². The summed E-state index contributed by atoms with van der Waals surface area (Å²) in [5, 5.41) is 1.01. The second kappa shape index (κ2) is 11.6. The maximum atomic E-state index is 15.2. The monoisotopic (exact) mass is 486 g/mol. The molecule has 0 amide bonds. The minimum Gasteiger partial charge on any atom is -0.206 e. The fourth-order valence-corrected chi connectivity index (χ4v) is 5.55. The standard InChI is InChI=1S/C30H34ClF3/c1-2-3-4-20-5-7-21(8-6-20)9-10-22-12-16-26-25(17-22)15-14-24(30(26)34)13-11-23-18-27(32)29(31)28(33)19-23/h12,14-21H,2-11,13H2,1H3. The second-order valence-corrected chi connectivity index (χ2v) is 10.4. The number of hydrogen-bond donors (Lipinski definition) is 0. The van der Waals surface area contributed by atoms with Crippen LogP contribution >= 0.6 is 11.6 Å². The van der Waals surface area contributed by atoms with E-state index in [1.54, 1.807) is 6.07 Å². The van der Waals surface area contributed by atoms with Crippen molar-refractivity contribution in [3.05, 3.63) is 81.6 Å². The molecule has 0 saturated heterocycles. The highest BCUT2D eigenvalue weighted by Gasteiger charge is 2.20. The molecule has 1 fully saturated rings. The molecule has 1 saturated carbocycles. The molecule has 1 aliphatic carbocycles. The lowest BCUT2D eigenvalue weighted by Gasteiger charge is -2.28. The molecule has 0 bridgehead atoms. The van der Waals surface area contributed by atoms with Crippen LogP contribution in [0.4, 0.5) is 13.2 Å². The fraction of sp³-hybridized carbons (Fsp3) is 0.467. The molecule has 3 aromatic carbocycles. The molecule has 0 heterocycles. The molecule has 0 N–H and O–H groups in total. The summed E-state index contributed by atoms with van der Waals surface area (Å²) in [6.45, 7) is 2.27. The normalized spacial score (nSPS) is 18.5. The van der Waals surface area contributed by atoms with Crippen LogP contribution in [-0.2, 0) is 19.3 Å². The smallest absolute Gasteiger partial charge is 0.145 e. The van der Waals surface area contributed by atoms with Gasteiger partial charge in [-0.25, -0.2) is 13.2 Å². The minimum atomic E-state index is -0.785. The van der Waals surface area contributed by atoms with Crippen LogP contribution < -0.4 is 0 Å². The van der Waals surface area contributed by atoms with Crippen molar-refractivity contribution in [1.82, 2.24) is 0 Å². The molecule has 0 nitrogen and oxygen atoms in total. The van der Waals surface area contributed by atoms with Gasteiger partial charge >= 0.3 is 0 Å². The third kappa shape index (κ3) is 6.16. The highest BCUT2D eigenvalue weighted by molar-refractivity contribution is 6.30. The molecule has 4 rings (SSSR count). The summed E-state index contributed by atoms with van der Waals surface area (Å²) in [5.74, 6) is -0.0631. The molecule has 0 spiro atoms. The maximum Gasteiger partial charge on any atom is 0.145 e. The first-order chi connectivity index (χ1) is 16.4.